The molecule has 0 radical (unpaired) electrons. The number of rotatable bonds is 7. The third kappa shape index (κ3) is 4.11. The molecule has 0 aromatic carbocycles. The van der Waals surface area contributed by atoms with Crippen LogP contribution in [0.1, 0.15) is 19.3 Å². The van der Waals surface area contributed by atoms with E-state index in [9.17, 15) is 19.5 Å². The van der Waals surface area contributed by atoms with E-state index in [2.05, 4.69) is 4.99 Å². The maximum Gasteiger partial charge on any atom is 0.326 e. The smallest absolute Gasteiger partial charge is 0.326 e. The van der Waals surface area contributed by atoms with Crippen LogP contribution in [0.5, 0.6) is 0 Å². The van der Waals surface area contributed by atoms with Crippen LogP contribution in [0.4, 0.5) is 0 Å². The van der Waals surface area contributed by atoms with Crippen LogP contribution in [-0.2, 0) is 14.4 Å². The first-order valence-electron chi connectivity index (χ1n) is 6.20. The lowest BCUT2D eigenvalue weighted by atomic mass is 10.1. The molecule has 2 amide bonds. The van der Waals surface area contributed by atoms with Crippen LogP contribution in [-0.4, -0.2) is 52.9 Å². The standard InChI is InChI=1S/C11H19N5O4/c12-9(18)6-4-8(17)16(5-6)7(10(19)20)2-1-3-15-11(13)14/h6-7H,1-5H2,(H2,12,18)(H,19,20)(H4,13,14,15)/t6?,7-/m0/s1. The van der Waals surface area contributed by atoms with Crippen LogP contribution in [0.2, 0.25) is 0 Å². The lowest BCUT2D eigenvalue weighted by Crippen LogP contribution is -2.43. The van der Waals surface area contributed by atoms with Gasteiger partial charge < -0.3 is 27.2 Å². The summed E-state index contributed by atoms with van der Waals surface area (Å²) >= 11 is 0. The molecule has 2 atom stereocenters. The van der Waals surface area contributed by atoms with Crippen molar-refractivity contribution >= 4 is 23.7 Å². The van der Waals surface area contributed by atoms with E-state index >= 15 is 0 Å². The van der Waals surface area contributed by atoms with Crippen LogP contribution in [0, 0.1) is 5.92 Å². The number of amides is 2. The monoisotopic (exact) mass is 285 g/mol. The maximum absolute atomic E-state index is 11.8. The van der Waals surface area contributed by atoms with E-state index in [1.54, 1.807) is 0 Å². The highest BCUT2D eigenvalue weighted by Crippen LogP contribution is 2.22. The first-order chi connectivity index (χ1) is 9.32. The summed E-state index contributed by atoms with van der Waals surface area (Å²) in [6, 6.07) is -0.985. The highest BCUT2D eigenvalue weighted by Gasteiger charge is 2.39. The molecule has 1 rings (SSSR count). The summed E-state index contributed by atoms with van der Waals surface area (Å²) in [5.41, 5.74) is 15.5. The third-order valence-corrected chi connectivity index (χ3v) is 3.15. The van der Waals surface area contributed by atoms with Crippen molar-refractivity contribution in [1.29, 1.82) is 0 Å². The zero-order valence-electron chi connectivity index (χ0n) is 11.0. The highest BCUT2D eigenvalue weighted by molar-refractivity contribution is 5.91. The number of nitrogens with two attached hydrogens (primary N) is 3. The van der Waals surface area contributed by atoms with Gasteiger partial charge in [0.05, 0.1) is 5.92 Å². The first-order valence-corrected chi connectivity index (χ1v) is 6.20. The average Bonchev–Trinajstić information content (AvgIpc) is 2.70. The van der Waals surface area contributed by atoms with Gasteiger partial charge in [0.2, 0.25) is 11.8 Å². The zero-order valence-corrected chi connectivity index (χ0v) is 11.0. The van der Waals surface area contributed by atoms with Gasteiger partial charge in [-0.2, -0.15) is 0 Å². The fourth-order valence-electron chi connectivity index (χ4n) is 2.13. The quantitative estimate of drug-likeness (QED) is 0.236. The van der Waals surface area contributed by atoms with Crippen molar-refractivity contribution in [2.45, 2.75) is 25.3 Å². The second kappa shape index (κ2) is 6.73. The molecule has 1 saturated heterocycles. The summed E-state index contributed by atoms with van der Waals surface area (Å²) in [5.74, 6) is -2.77. The molecule has 9 nitrogen and oxygen atoms in total. The molecule has 1 heterocycles. The molecule has 1 fully saturated rings. The van der Waals surface area contributed by atoms with Crippen molar-refractivity contribution in [3.05, 3.63) is 0 Å². The molecule has 0 spiro atoms. The number of aliphatic imine (C=N–C) groups is 1. The fourth-order valence-corrected chi connectivity index (χ4v) is 2.13. The van der Waals surface area contributed by atoms with Crippen LogP contribution in [0.15, 0.2) is 4.99 Å². The first kappa shape index (κ1) is 15.7. The van der Waals surface area contributed by atoms with E-state index < -0.39 is 23.8 Å². The molecule has 0 saturated carbocycles. The molecule has 20 heavy (non-hydrogen) atoms. The molecular formula is C11H19N5O4. The highest BCUT2D eigenvalue weighted by atomic mass is 16.4. The Morgan fingerprint density at radius 2 is 2.05 bits per heavy atom. The summed E-state index contributed by atoms with van der Waals surface area (Å²) in [6.07, 6.45) is 0.593. The fraction of sp³-hybridized carbons (Fsp3) is 0.636. The molecule has 1 unspecified atom stereocenters. The van der Waals surface area contributed by atoms with Gasteiger partial charge in [-0.25, -0.2) is 4.79 Å². The largest absolute Gasteiger partial charge is 0.480 e. The molecule has 1 aliphatic rings. The number of carbonyl (C=O) groups is 3. The molecule has 1 aliphatic heterocycles. The number of aliphatic carboxylic acids is 1. The van der Waals surface area contributed by atoms with E-state index in [0.717, 1.165) is 0 Å². The van der Waals surface area contributed by atoms with Gasteiger partial charge in [0.1, 0.15) is 6.04 Å². The van der Waals surface area contributed by atoms with Gasteiger partial charge in [0.25, 0.3) is 0 Å². The van der Waals surface area contributed by atoms with Gasteiger partial charge in [0, 0.05) is 19.5 Å². The van der Waals surface area contributed by atoms with Crippen LogP contribution < -0.4 is 17.2 Å². The number of carboxylic acid groups (broad SMARTS) is 1. The summed E-state index contributed by atoms with van der Waals surface area (Å²) in [7, 11) is 0. The number of carboxylic acids is 1. The van der Waals surface area contributed by atoms with Crippen molar-refractivity contribution in [3.8, 4) is 0 Å². The predicted octanol–water partition coefficient (Wildman–Crippen LogP) is -2.17. The van der Waals surface area contributed by atoms with E-state index in [1.807, 2.05) is 0 Å². The predicted molar refractivity (Wildman–Crippen MR) is 70.3 cm³/mol. The lowest BCUT2D eigenvalue weighted by Gasteiger charge is -2.24. The second-order valence-electron chi connectivity index (χ2n) is 4.65. The summed E-state index contributed by atoms with van der Waals surface area (Å²) in [4.78, 5) is 39.0. The van der Waals surface area contributed by atoms with E-state index in [4.69, 9.17) is 17.2 Å². The Hall–Kier alpha value is -2.32. The Kier molecular flexibility index (Phi) is 5.30. The summed E-state index contributed by atoms with van der Waals surface area (Å²) in [5, 5.41) is 9.19. The van der Waals surface area contributed by atoms with Gasteiger partial charge in [-0.1, -0.05) is 0 Å². The number of likely N-dealkylation sites (tertiary alicyclic amines) is 1. The molecule has 7 N–H and O–H groups in total. The number of hydrogen-bond acceptors (Lipinski definition) is 4. The zero-order chi connectivity index (χ0) is 15.3. The summed E-state index contributed by atoms with van der Waals surface area (Å²) < 4.78 is 0. The molecule has 0 aromatic rings. The van der Waals surface area contributed by atoms with E-state index in [-0.39, 0.29) is 37.8 Å². The topological polar surface area (TPSA) is 165 Å². The minimum atomic E-state index is -1.12. The van der Waals surface area contributed by atoms with Crippen molar-refractivity contribution in [2.75, 3.05) is 13.1 Å². The van der Waals surface area contributed by atoms with Crippen LogP contribution in [0.3, 0.4) is 0 Å². The number of guanidine groups is 1. The molecule has 0 aromatic heterocycles. The normalized spacial score (nSPS) is 19.7. The molecular weight excluding hydrogens is 266 g/mol. The number of hydrogen-bond donors (Lipinski definition) is 4. The minimum Gasteiger partial charge on any atom is -0.480 e. The number of nitrogens with zero attached hydrogens (tertiary/aromatic N) is 2. The number of carbonyl (C=O) groups excluding carboxylic acids is 2. The van der Waals surface area contributed by atoms with Crippen molar-refractivity contribution < 1.29 is 19.5 Å². The van der Waals surface area contributed by atoms with Gasteiger partial charge in [-0.05, 0) is 12.8 Å². The Bertz CT molecular complexity index is 433. The SMILES string of the molecule is NC(=O)C1CC(=O)N([C@@H](CCCN=C(N)N)C(=O)O)C1. The summed E-state index contributed by atoms with van der Waals surface area (Å²) in [6.45, 7) is 0.334. The molecule has 9 heteroatoms. The Balaban J connectivity index is 2.62. The van der Waals surface area contributed by atoms with Gasteiger partial charge in [0.15, 0.2) is 5.96 Å². The third-order valence-electron chi connectivity index (χ3n) is 3.15. The van der Waals surface area contributed by atoms with Gasteiger partial charge >= 0.3 is 5.97 Å². The Labute approximate surface area is 115 Å². The molecule has 0 bridgehead atoms. The van der Waals surface area contributed by atoms with Gasteiger partial charge in [-0.3, -0.25) is 14.6 Å². The van der Waals surface area contributed by atoms with Gasteiger partial charge in [-0.15, -0.1) is 0 Å². The molecule has 0 aliphatic carbocycles. The maximum atomic E-state index is 11.8. The Morgan fingerprint density at radius 1 is 1.40 bits per heavy atom. The van der Waals surface area contributed by atoms with Crippen molar-refractivity contribution in [1.82, 2.24) is 4.90 Å². The van der Waals surface area contributed by atoms with E-state index in [1.165, 1.54) is 4.90 Å². The van der Waals surface area contributed by atoms with Crippen molar-refractivity contribution in [2.24, 2.45) is 28.1 Å². The van der Waals surface area contributed by atoms with Crippen molar-refractivity contribution in [3.63, 3.8) is 0 Å². The second-order valence-corrected chi connectivity index (χ2v) is 4.65. The molecule has 112 valence electrons. The average molecular weight is 285 g/mol. The van der Waals surface area contributed by atoms with Crippen LogP contribution >= 0.6 is 0 Å². The minimum absolute atomic E-state index is 0.0347. The number of primary amides is 1. The van der Waals surface area contributed by atoms with E-state index in [0.29, 0.717) is 6.42 Å². The Morgan fingerprint density at radius 3 is 2.50 bits per heavy atom. The lowest BCUT2D eigenvalue weighted by molar-refractivity contribution is -0.148. The van der Waals surface area contributed by atoms with Crippen LogP contribution in [0.25, 0.3) is 0 Å².